The predicted molar refractivity (Wildman–Crippen MR) is 325 cm³/mol. The smallest absolute Gasteiger partial charge is 0.306 e. The van der Waals surface area contributed by atoms with Crippen LogP contribution in [0.25, 0.3) is 0 Å². The molecule has 0 heterocycles. The minimum absolute atomic E-state index is 0.0724. The molecule has 5 nitrogen and oxygen atoms in total. The number of allylic oxidation sites excluding steroid dienone is 18. The molecule has 0 aliphatic heterocycles. The minimum Gasteiger partial charge on any atom is -0.462 e. The third kappa shape index (κ3) is 61.1. The van der Waals surface area contributed by atoms with Crippen molar-refractivity contribution in [2.75, 3.05) is 13.2 Å². The summed E-state index contributed by atoms with van der Waals surface area (Å²) in [5, 5.41) is 9.67. The van der Waals surface area contributed by atoms with Crippen LogP contribution in [0.4, 0.5) is 0 Å². The van der Waals surface area contributed by atoms with Crippen molar-refractivity contribution in [3.63, 3.8) is 0 Å². The molecule has 5 heteroatoms. The Morgan fingerprint density at radius 1 is 0.311 bits per heavy atom. The Morgan fingerprint density at radius 3 is 0.811 bits per heavy atom. The van der Waals surface area contributed by atoms with Crippen molar-refractivity contribution in [3.8, 4) is 0 Å². The number of esters is 2. The van der Waals surface area contributed by atoms with Crippen molar-refractivity contribution >= 4 is 11.9 Å². The van der Waals surface area contributed by atoms with E-state index in [0.29, 0.717) is 12.8 Å². The minimum atomic E-state index is -0.784. The first-order valence-electron chi connectivity index (χ1n) is 31.4. The fourth-order valence-electron chi connectivity index (χ4n) is 8.93. The van der Waals surface area contributed by atoms with E-state index in [0.717, 1.165) is 103 Å². The molecular formula is C69H118O5. The first-order chi connectivity index (χ1) is 36.6. The predicted octanol–water partition coefficient (Wildman–Crippen LogP) is 21.6. The summed E-state index contributed by atoms with van der Waals surface area (Å²) in [6.45, 7) is 3.93. The normalized spacial score (nSPS) is 13.0. The van der Waals surface area contributed by atoms with E-state index in [1.807, 2.05) is 0 Å². The van der Waals surface area contributed by atoms with E-state index >= 15 is 0 Å². The lowest BCUT2D eigenvalue weighted by Gasteiger charge is -2.15. The molecule has 0 aromatic carbocycles. The van der Waals surface area contributed by atoms with Gasteiger partial charge in [0, 0.05) is 12.8 Å². The molecule has 424 valence electrons. The maximum atomic E-state index is 12.3. The summed E-state index contributed by atoms with van der Waals surface area (Å²) < 4.78 is 10.7. The Hall–Kier alpha value is -3.44. The number of carbonyl (C=O) groups is 2. The molecule has 1 atom stereocenters. The van der Waals surface area contributed by atoms with Gasteiger partial charge in [-0.15, -0.1) is 0 Å². The molecule has 0 amide bonds. The molecular weight excluding hydrogens is 909 g/mol. The van der Waals surface area contributed by atoms with Gasteiger partial charge >= 0.3 is 11.9 Å². The third-order valence-electron chi connectivity index (χ3n) is 13.6. The monoisotopic (exact) mass is 1030 g/mol. The zero-order valence-electron chi connectivity index (χ0n) is 48.6. The summed E-state index contributed by atoms with van der Waals surface area (Å²) in [5.74, 6) is -0.597. The number of rotatable bonds is 57. The molecule has 0 aromatic rings. The fourth-order valence-corrected chi connectivity index (χ4v) is 8.93. The Bertz CT molecular complexity index is 1440. The summed E-state index contributed by atoms with van der Waals surface area (Å²) in [6.07, 6.45) is 92.4. The van der Waals surface area contributed by atoms with Gasteiger partial charge in [-0.1, -0.05) is 297 Å². The lowest BCUT2D eigenvalue weighted by atomic mass is 10.0. The van der Waals surface area contributed by atoms with E-state index in [9.17, 15) is 14.7 Å². The standard InChI is InChI=1S/C69H118O5/c1-3-5-7-9-11-13-15-17-19-21-23-25-27-28-29-30-31-32-33-34-35-36-37-38-39-40-42-43-45-47-49-51-53-55-57-59-61-63-68(71)73-66-67(65-70)74-69(72)64-62-60-58-56-54-52-50-48-46-44-41-26-24-22-20-18-16-14-12-10-8-6-4-2/h5-8,11-14,17-20,23-26,44,46,67,70H,3-4,9-10,15-16,21-22,27-43,45,47-66H2,1-2H3/b7-5-,8-6-,13-11-,14-12-,19-17-,20-18-,25-23-,26-24-,46-44-. The average Bonchev–Trinajstić information content (AvgIpc) is 3.40. The largest absolute Gasteiger partial charge is 0.462 e. The lowest BCUT2D eigenvalue weighted by Crippen LogP contribution is -2.28. The Labute approximate surface area is 459 Å². The SMILES string of the molecule is CC/C=C\C/C=C\C/C=C\C/C=C\C/C=C\CCCCCCCCCC(=O)OC(CO)COC(=O)CCCCCCCCCCCCCCCCCCCCCCCCCC/C=C\C/C=C\C/C=C\C/C=C\CC. The highest BCUT2D eigenvalue weighted by atomic mass is 16.6. The lowest BCUT2D eigenvalue weighted by molar-refractivity contribution is -0.161. The van der Waals surface area contributed by atoms with Crippen molar-refractivity contribution in [2.24, 2.45) is 0 Å². The van der Waals surface area contributed by atoms with E-state index in [2.05, 4.69) is 123 Å². The van der Waals surface area contributed by atoms with Crippen LogP contribution in [-0.4, -0.2) is 36.4 Å². The highest BCUT2D eigenvalue weighted by Gasteiger charge is 2.16. The van der Waals surface area contributed by atoms with Crippen molar-refractivity contribution in [1.29, 1.82) is 0 Å². The maximum Gasteiger partial charge on any atom is 0.306 e. The molecule has 0 rings (SSSR count). The molecule has 0 bridgehead atoms. The van der Waals surface area contributed by atoms with Crippen LogP contribution in [0.3, 0.4) is 0 Å². The van der Waals surface area contributed by atoms with Crippen LogP contribution in [0, 0.1) is 0 Å². The van der Waals surface area contributed by atoms with Crippen molar-refractivity contribution in [1.82, 2.24) is 0 Å². The summed E-state index contributed by atoms with van der Waals surface area (Å²) in [7, 11) is 0. The molecule has 0 saturated heterocycles. The fraction of sp³-hybridized carbons (Fsp3) is 0.710. The van der Waals surface area contributed by atoms with Crippen molar-refractivity contribution in [3.05, 3.63) is 109 Å². The van der Waals surface area contributed by atoms with Gasteiger partial charge in [0.25, 0.3) is 0 Å². The van der Waals surface area contributed by atoms with Crippen LogP contribution < -0.4 is 0 Å². The quantitative estimate of drug-likeness (QED) is 0.0373. The number of unbranched alkanes of at least 4 members (excludes halogenated alkanes) is 31. The number of aliphatic hydroxyl groups excluding tert-OH is 1. The number of ether oxygens (including phenoxy) is 2. The Balaban J connectivity index is 3.45. The maximum absolute atomic E-state index is 12.3. The Kier molecular flexibility index (Phi) is 60.9. The summed E-state index contributed by atoms with van der Waals surface area (Å²) >= 11 is 0. The van der Waals surface area contributed by atoms with Gasteiger partial charge in [0.2, 0.25) is 0 Å². The molecule has 0 radical (unpaired) electrons. The molecule has 1 unspecified atom stereocenters. The summed E-state index contributed by atoms with van der Waals surface area (Å²) in [4.78, 5) is 24.6. The topological polar surface area (TPSA) is 72.8 Å². The highest BCUT2D eigenvalue weighted by Crippen LogP contribution is 2.17. The number of aliphatic hydroxyl groups is 1. The first kappa shape index (κ1) is 70.6. The molecule has 0 saturated carbocycles. The van der Waals surface area contributed by atoms with Crippen LogP contribution in [0.1, 0.15) is 296 Å². The van der Waals surface area contributed by atoms with Gasteiger partial charge in [-0.2, -0.15) is 0 Å². The van der Waals surface area contributed by atoms with Crippen molar-refractivity contribution < 1.29 is 24.2 Å². The second kappa shape index (κ2) is 63.8. The molecule has 0 aliphatic rings. The molecule has 0 spiro atoms. The van der Waals surface area contributed by atoms with Gasteiger partial charge in [-0.05, 0) is 96.3 Å². The molecule has 0 fully saturated rings. The number of hydrogen-bond donors (Lipinski definition) is 1. The van der Waals surface area contributed by atoms with E-state index in [1.54, 1.807) is 0 Å². The number of hydrogen-bond acceptors (Lipinski definition) is 5. The van der Waals surface area contributed by atoms with Gasteiger partial charge < -0.3 is 14.6 Å². The van der Waals surface area contributed by atoms with Gasteiger partial charge in [-0.25, -0.2) is 0 Å². The van der Waals surface area contributed by atoms with E-state index in [4.69, 9.17) is 9.47 Å². The van der Waals surface area contributed by atoms with Crippen LogP contribution in [0.15, 0.2) is 109 Å². The van der Waals surface area contributed by atoms with Crippen LogP contribution in [-0.2, 0) is 19.1 Å². The van der Waals surface area contributed by atoms with Gasteiger partial charge in [0.1, 0.15) is 6.61 Å². The van der Waals surface area contributed by atoms with Gasteiger partial charge in [-0.3, -0.25) is 9.59 Å². The second-order valence-electron chi connectivity index (χ2n) is 20.7. The molecule has 74 heavy (non-hydrogen) atoms. The summed E-state index contributed by atoms with van der Waals surface area (Å²) in [5.41, 5.74) is 0. The third-order valence-corrected chi connectivity index (χ3v) is 13.6. The molecule has 0 aromatic heterocycles. The van der Waals surface area contributed by atoms with E-state index in [1.165, 1.54) is 167 Å². The van der Waals surface area contributed by atoms with E-state index < -0.39 is 6.10 Å². The second-order valence-corrected chi connectivity index (χ2v) is 20.7. The number of carbonyl (C=O) groups excluding carboxylic acids is 2. The van der Waals surface area contributed by atoms with Crippen molar-refractivity contribution in [2.45, 2.75) is 302 Å². The zero-order chi connectivity index (χ0) is 53.4. The molecule has 1 N–H and O–H groups in total. The van der Waals surface area contributed by atoms with E-state index in [-0.39, 0.29) is 25.2 Å². The summed E-state index contributed by atoms with van der Waals surface area (Å²) in [6, 6.07) is 0. The first-order valence-corrected chi connectivity index (χ1v) is 31.4. The van der Waals surface area contributed by atoms with Crippen LogP contribution in [0.5, 0.6) is 0 Å². The Morgan fingerprint density at radius 2 is 0.541 bits per heavy atom. The van der Waals surface area contributed by atoms with Gasteiger partial charge in [0.05, 0.1) is 6.61 Å². The zero-order valence-corrected chi connectivity index (χ0v) is 48.6. The average molecular weight is 1030 g/mol. The van der Waals surface area contributed by atoms with Crippen LogP contribution >= 0.6 is 0 Å². The molecule has 0 aliphatic carbocycles. The van der Waals surface area contributed by atoms with Gasteiger partial charge in [0.15, 0.2) is 6.10 Å². The van der Waals surface area contributed by atoms with Crippen LogP contribution in [0.2, 0.25) is 0 Å². The highest BCUT2D eigenvalue weighted by molar-refractivity contribution is 5.70.